The zero-order chi connectivity index (χ0) is 10.1. The quantitative estimate of drug-likeness (QED) is 0.702. The van der Waals surface area contributed by atoms with Gasteiger partial charge in [-0.25, -0.2) is 0 Å². The molecule has 0 aliphatic rings. The predicted molar refractivity (Wildman–Crippen MR) is 39.6 cm³/mol. The molecule has 0 atom stereocenters. The van der Waals surface area contributed by atoms with Gasteiger partial charge >= 0.3 is 6.18 Å². The average molecular weight is 192 g/mol. The van der Waals surface area contributed by atoms with Crippen molar-refractivity contribution in [1.29, 1.82) is 0 Å². The maximum Gasteiger partial charge on any atom is 0.417 e. The maximum atomic E-state index is 12.0. The van der Waals surface area contributed by atoms with E-state index in [-0.39, 0.29) is 11.4 Å². The molecule has 1 rings (SSSR count). The van der Waals surface area contributed by atoms with E-state index in [9.17, 15) is 13.2 Å². The second-order valence-electron chi connectivity index (χ2n) is 2.42. The van der Waals surface area contributed by atoms with Crippen molar-refractivity contribution in [3.63, 3.8) is 0 Å². The van der Waals surface area contributed by atoms with Gasteiger partial charge in [0.15, 0.2) is 0 Å². The Bertz CT molecular complexity index is 311. The number of pyridine rings is 1. The number of nitrogens with two attached hydrogens (primary N) is 1. The highest BCUT2D eigenvalue weighted by atomic mass is 19.4. The number of hydrogen-bond donors (Lipinski definition) is 2. The Balaban J connectivity index is 3.10. The van der Waals surface area contributed by atoms with Gasteiger partial charge in [0.2, 0.25) is 0 Å². The summed E-state index contributed by atoms with van der Waals surface area (Å²) in [6.45, 7) is -0.468. The number of hydrogen-bond acceptors (Lipinski definition) is 3. The lowest BCUT2D eigenvalue weighted by atomic mass is 10.2. The van der Waals surface area contributed by atoms with Crippen LogP contribution in [0.3, 0.4) is 0 Å². The summed E-state index contributed by atoms with van der Waals surface area (Å²) in [5.41, 5.74) is 4.19. The molecule has 3 N–H and O–H groups in total. The predicted octanol–water partition coefficient (Wildman–Crippen LogP) is 1.17. The van der Waals surface area contributed by atoms with Crippen LogP contribution in [-0.4, -0.2) is 10.1 Å². The highest BCUT2D eigenvalue weighted by Gasteiger charge is 2.31. The molecule has 0 aromatic carbocycles. The van der Waals surface area contributed by atoms with Gasteiger partial charge in [-0.15, -0.1) is 0 Å². The van der Waals surface area contributed by atoms with Gasteiger partial charge in [0.1, 0.15) is 0 Å². The first-order valence-corrected chi connectivity index (χ1v) is 3.37. The van der Waals surface area contributed by atoms with Crippen LogP contribution in [0.5, 0.6) is 0 Å². The second-order valence-corrected chi connectivity index (χ2v) is 2.42. The molecular formula is C7H7F3N2O. The van der Waals surface area contributed by atoms with Gasteiger partial charge in [-0.2, -0.15) is 13.2 Å². The zero-order valence-electron chi connectivity index (χ0n) is 6.47. The van der Waals surface area contributed by atoms with Crippen LogP contribution in [0.25, 0.3) is 0 Å². The molecule has 0 aliphatic carbocycles. The van der Waals surface area contributed by atoms with Gasteiger partial charge in [-0.05, 0) is 6.07 Å². The fourth-order valence-electron chi connectivity index (χ4n) is 0.797. The van der Waals surface area contributed by atoms with E-state index in [1.54, 1.807) is 0 Å². The lowest BCUT2D eigenvalue weighted by Crippen LogP contribution is -2.08. The van der Waals surface area contributed by atoms with E-state index >= 15 is 0 Å². The molecule has 0 spiro atoms. The number of rotatable bonds is 1. The molecule has 0 aliphatic heterocycles. The van der Waals surface area contributed by atoms with Crippen LogP contribution in [0.1, 0.15) is 11.3 Å². The lowest BCUT2D eigenvalue weighted by Gasteiger charge is -2.08. The highest BCUT2D eigenvalue weighted by molar-refractivity contribution is 5.45. The van der Waals surface area contributed by atoms with Crippen molar-refractivity contribution in [3.8, 4) is 0 Å². The molecule has 0 fully saturated rings. The summed E-state index contributed by atoms with van der Waals surface area (Å²) in [5.74, 6) is 0. The molecule has 1 aromatic rings. The number of alkyl halides is 3. The van der Waals surface area contributed by atoms with E-state index in [2.05, 4.69) is 4.98 Å². The standard InChI is InChI=1S/C7H7F3N2O/c8-7(9,10)4-1-5(11)6(3-13)12-2-4/h1-2,13H,3,11H2. The fraction of sp³-hybridized carbons (Fsp3) is 0.286. The minimum absolute atomic E-state index is 0.0491. The summed E-state index contributed by atoms with van der Waals surface area (Å²) < 4.78 is 36.1. The Morgan fingerprint density at radius 3 is 2.46 bits per heavy atom. The lowest BCUT2D eigenvalue weighted by molar-refractivity contribution is -0.137. The molecule has 3 nitrogen and oxygen atoms in total. The zero-order valence-corrected chi connectivity index (χ0v) is 6.47. The van der Waals surface area contributed by atoms with Gasteiger partial charge in [-0.1, -0.05) is 0 Å². The minimum atomic E-state index is -4.45. The van der Waals surface area contributed by atoms with Crippen molar-refractivity contribution >= 4 is 5.69 Å². The monoisotopic (exact) mass is 192 g/mol. The van der Waals surface area contributed by atoms with Crippen LogP contribution in [0.15, 0.2) is 12.3 Å². The van der Waals surface area contributed by atoms with Gasteiger partial charge in [-0.3, -0.25) is 4.98 Å². The van der Waals surface area contributed by atoms with E-state index in [0.29, 0.717) is 6.20 Å². The van der Waals surface area contributed by atoms with E-state index in [4.69, 9.17) is 10.8 Å². The van der Waals surface area contributed by atoms with Gasteiger partial charge in [0.05, 0.1) is 23.6 Å². The topological polar surface area (TPSA) is 59.1 Å². The first kappa shape index (κ1) is 9.79. The third-order valence-electron chi connectivity index (χ3n) is 1.48. The summed E-state index contributed by atoms with van der Waals surface area (Å²) >= 11 is 0. The van der Waals surface area contributed by atoms with E-state index < -0.39 is 18.3 Å². The van der Waals surface area contributed by atoms with Crippen molar-refractivity contribution in [3.05, 3.63) is 23.5 Å². The first-order valence-electron chi connectivity index (χ1n) is 3.37. The van der Waals surface area contributed by atoms with E-state index in [0.717, 1.165) is 6.07 Å². The van der Waals surface area contributed by atoms with Crippen LogP contribution in [0.2, 0.25) is 0 Å². The first-order chi connectivity index (χ1) is 5.95. The van der Waals surface area contributed by atoms with Crippen LogP contribution >= 0.6 is 0 Å². The number of aromatic nitrogens is 1. The molecule has 0 saturated carbocycles. The molecular weight excluding hydrogens is 185 g/mol. The van der Waals surface area contributed by atoms with Crippen molar-refractivity contribution in [1.82, 2.24) is 4.98 Å². The second kappa shape index (κ2) is 3.21. The molecule has 1 heterocycles. The Kier molecular flexibility index (Phi) is 2.42. The molecule has 13 heavy (non-hydrogen) atoms. The van der Waals surface area contributed by atoms with Crippen molar-refractivity contribution in [2.75, 3.05) is 5.73 Å². The summed E-state index contributed by atoms with van der Waals surface area (Å²) in [4.78, 5) is 3.37. The summed E-state index contributed by atoms with van der Waals surface area (Å²) in [6.07, 6.45) is -3.81. The Morgan fingerprint density at radius 2 is 2.08 bits per heavy atom. The van der Waals surface area contributed by atoms with E-state index in [1.165, 1.54) is 0 Å². The van der Waals surface area contributed by atoms with Crippen molar-refractivity contribution in [2.24, 2.45) is 0 Å². The third kappa shape index (κ3) is 2.09. The smallest absolute Gasteiger partial charge is 0.397 e. The summed E-state index contributed by atoms with van der Waals surface area (Å²) in [5, 5.41) is 8.59. The van der Waals surface area contributed by atoms with Crippen molar-refractivity contribution in [2.45, 2.75) is 12.8 Å². The van der Waals surface area contributed by atoms with Gasteiger partial charge in [0.25, 0.3) is 0 Å². The fourth-order valence-corrected chi connectivity index (χ4v) is 0.797. The molecule has 72 valence electrons. The number of aliphatic hydroxyl groups excluding tert-OH is 1. The van der Waals surface area contributed by atoms with Crippen LogP contribution in [0.4, 0.5) is 18.9 Å². The molecule has 1 aromatic heterocycles. The number of aliphatic hydroxyl groups is 1. The molecule has 0 unspecified atom stereocenters. The minimum Gasteiger partial charge on any atom is -0.397 e. The van der Waals surface area contributed by atoms with Gasteiger partial charge in [0, 0.05) is 6.20 Å². The van der Waals surface area contributed by atoms with E-state index in [1.807, 2.05) is 0 Å². The van der Waals surface area contributed by atoms with Gasteiger partial charge < -0.3 is 10.8 Å². The Morgan fingerprint density at radius 1 is 1.46 bits per heavy atom. The Hall–Kier alpha value is -1.30. The summed E-state index contributed by atoms with van der Waals surface area (Å²) in [6, 6.07) is 0.749. The number of nitrogens with zero attached hydrogens (tertiary/aromatic N) is 1. The highest BCUT2D eigenvalue weighted by Crippen LogP contribution is 2.30. The SMILES string of the molecule is Nc1cc(C(F)(F)F)cnc1CO. The van der Waals surface area contributed by atoms with Crippen LogP contribution < -0.4 is 5.73 Å². The number of nitrogen functional groups attached to an aromatic ring is 1. The number of halogens is 3. The van der Waals surface area contributed by atoms with Crippen LogP contribution in [-0.2, 0) is 12.8 Å². The maximum absolute atomic E-state index is 12.0. The molecule has 0 bridgehead atoms. The number of anilines is 1. The molecule has 6 heteroatoms. The molecule has 0 saturated heterocycles. The molecule has 0 amide bonds. The third-order valence-corrected chi connectivity index (χ3v) is 1.48. The molecule has 0 radical (unpaired) electrons. The van der Waals surface area contributed by atoms with Crippen LogP contribution in [0, 0.1) is 0 Å². The normalized spacial score (nSPS) is 11.7. The average Bonchev–Trinajstić information content (AvgIpc) is 2.02. The largest absolute Gasteiger partial charge is 0.417 e. The Labute approximate surface area is 72.0 Å². The summed E-state index contributed by atoms with van der Waals surface area (Å²) in [7, 11) is 0. The van der Waals surface area contributed by atoms with Crippen molar-refractivity contribution < 1.29 is 18.3 Å².